The zero-order valence-corrected chi connectivity index (χ0v) is 18.2. The Morgan fingerprint density at radius 3 is 2.28 bits per heavy atom. The summed E-state index contributed by atoms with van der Waals surface area (Å²) in [5.74, 6) is -2.07. The molecule has 0 heterocycles. The number of hydrogen-bond acceptors (Lipinski definition) is 5. The van der Waals surface area contributed by atoms with Crippen LogP contribution in [0.1, 0.15) is 15.9 Å². The van der Waals surface area contributed by atoms with Gasteiger partial charge in [0.05, 0.1) is 23.3 Å². The van der Waals surface area contributed by atoms with Crippen LogP contribution in [-0.2, 0) is 19.6 Å². The molecule has 0 aliphatic carbocycles. The summed E-state index contributed by atoms with van der Waals surface area (Å²) in [7, 11) is -3.00. The maximum Gasteiger partial charge on any atom is 0.338 e. The number of halogens is 1. The number of sulfonamides is 1. The number of esters is 1. The average Bonchev–Trinajstić information content (AvgIpc) is 2.79. The molecule has 166 valence electrons. The van der Waals surface area contributed by atoms with Gasteiger partial charge in [-0.25, -0.2) is 17.6 Å². The van der Waals surface area contributed by atoms with Crippen molar-refractivity contribution in [1.82, 2.24) is 0 Å². The van der Waals surface area contributed by atoms with Crippen molar-refractivity contribution in [1.29, 1.82) is 0 Å². The van der Waals surface area contributed by atoms with Gasteiger partial charge in [-0.3, -0.25) is 9.10 Å². The highest BCUT2D eigenvalue weighted by atomic mass is 32.2. The van der Waals surface area contributed by atoms with E-state index in [1.165, 1.54) is 49.6 Å². The van der Waals surface area contributed by atoms with Crippen LogP contribution in [0.4, 0.5) is 15.8 Å². The molecule has 0 radical (unpaired) electrons. The topological polar surface area (TPSA) is 92.8 Å². The first kappa shape index (κ1) is 23.0. The molecule has 3 aromatic rings. The SMILES string of the molecule is COC(=O)c1cccc(NC(=O)CN(c2ccccc2F)S(=O)(=O)c2ccccc2)c1C. The summed E-state index contributed by atoms with van der Waals surface area (Å²) < 4.78 is 46.4. The Morgan fingerprint density at radius 1 is 0.969 bits per heavy atom. The fraction of sp³-hybridized carbons (Fsp3) is 0.130. The maximum atomic E-state index is 14.5. The van der Waals surface area contributed by atoms with E-state index >= 15 is 0 Å². The van der Waals surface area contributed by atoms with Gasteiger partial charge < -0.3 is 10.1 Å². The fourth-order valence-electron chi connectivity index (χ4n) is 3.10. The van der Waals surface area contributed by atoms with Crippen molar-refractivity contribution >= 4 is 33.3 Å². The minimum absolute atomic E-state index is 0.0834. The number of methoxy groups -OCH3 is 1. The number of amides is 1. The van der Waals surface area contributed by atoms with Crippen molar-refractivity contribution in [2.24, 2.45) is 0 Å². The molecule has 0 unspecified atom stereocenters. The van der Waals surface area contributed by atoms with Crippen molar-refractivity contribution in [2.45, 2.75) is 11.8 Å². The Hall–Kier alpha value is -3.72. The monoisotopic (exact) mass is 456 g/mol. The molecule has 0 spiro atoms. The predicted molar refractivity (Wildman–Crippen MR) is 119 cm³/mol. The van der Waals surface area contributed by atoms with E-state index in [1.54, 1.807) is 31.2 Å². The number of anilines is 2. The zero-order valence-electron chi connectivity index (χ0n) is 17.4. The van der Waals surface area contributed by atoms with Crippen LogP contribution in [0, 0.1) is 12.7 Å². The van der Waals surface area contributed by atoms with Gasteiger partial charge in [0.15, 0.2) is 0 Å². The normalized spacial score (nSPS) is 11.0. The lowest BCUT2D eigenvalue weighted by molar-refractivity contribution is -0.114. The molecular weight excluding hydrogens is 435 g/mol. The second kappa shape index (κ2) is 9.61. The van der Waals surface area contributed by atoms with Gasteiger partial charge >= 0.3 is 5.97 Å². The van der Waals surface area contributed by atoms with E-state index in [4.69, 9.17) is 4.74 Å². The molecule has 7 nitrogen and oxygen atoms in total. The lowest BCUT2D eigenvalue weighted by Crippen LogP contribution is -2.38. The zero-order chi connectivity index (χ0) is 23.3. The molecule has 0 aliphatic heterocycles. The van der Waals surface area contributed by atoms with Crippen LogP contribution in [0.25, 0.3) is 0 Å². The number of hydrogen-bond donors (Lipinski definition) is 1. The first-order chi connectivity index (χ1) is 15.3. The van der Waals surface area contributed by atoms with Crippen molar-refractivity contribution in [3.8, 4) is 0 Å². The highest BCUT2D eigenvalue weighted by molar-refractivity contribution is 7.92. The van der Waals surface area contributed by atoms with E-state index in [-0.39, 0.29) is 16.1 Å². The van der Waals surface area contributed by atoms with Crippen molar-refractivity contribution in [3.63, 3.8) is 0 Å². The van der Waals surface area contributed by atoms with Crippen molar-refractivity contribution < 1.29 is 27.1 Å². The van der Waals surface area contributed by atoms with Gasteiger partial charge in [0, 0.05) is 5.69 Å². The number of rotatable bonds is 7. The number of carbonyl (C=O) groups excluding carboxylic acids is 2. The van der Waals surface area contributed by atoms with Crippen LogP contribution in [-0.4, -0.2) is 33.9 Å². The third-order valence-corrected chi connectivity index (χ3v) is 6.53. The third-order valence-electron chi connectivity index (χ3n) is 4.75. The van der Waals surface area contributed by atoms with E-state index in [0.29, 0.717) is 15.6 Å². The summed E-state index contributed by atoms with van der Waals surface area (Å²) in [5, 5.41) is 2.60. The second-order valence-corrected chi connectivity index (χ2v) is 8.66. The molecule has 0 aliphatic rings. The summed E-state index contributed by atoms with van der Waals surface area (Å²) in [6.45, 7) is 0.942. The predicted octanol–water partition coefficient (Wildman–Crippen LogP) is 3.75. The van der Waals surface area contributed by atoms with Gasteiger partial charge in [0.1, 0.15) is 12.4 Å². The Kier molecular flexibility index (Phi) is 6.89. The highest BCUT2D eigenvalue weighted by Crippen LogP contribution is 2.26. The molecule has 3 rings (SSSR count). The maximum absolute atomic E-state index is 14.5. The molecule has 0 atom stereocenters. The molecule has 1 N–H and O–H groups in total. The summed E-state index contributed by atoms with van der Waals surface area (Å²) in [6, 6.07) is 17.4. The molecule has 32 heavy (non-hydrogen) atoms. The average molecular weight is 456 g/mol. The number of benzene rings is 3. The van der Waals surface area contributed by atoms with Crippen LogP contribution < -0.4 is 9.62 Å². The molecule has 9 heteroatoms. The molecule has 1 amide bonds. The largest absolute Gasteiger partial charge is 0.465 e. The lowest BCUT2D eigenvalue weighted by Gasteiger charge is -2.24. The number of carbonyl (C=O) groups is 2. The molecule has 3 aromatic carbocycles. The van der Waals surface area contributed by atoms with Crippen molar-refractivity contribution in [2.75, 3.05) is 23.3 Å². The highest BCUT2D eigenvalue weighted by Gasteiger charge is 2.29. The molecule has 0 saturated heterocycles. The lowest BCUT2D eigenvalue weighted by atomic mass is 10.1. The van der Waals surface area contributed by atoms with E-state index < -0.39 is 34.3 Å². The van der Waals surface area contributed by atoms with E-state index in [1.807, 2.05) is 0 Å². The van der Waals surface area contributed by atoms with Crippen LogP contribution in [0.2, 0.25) is 0 Å². The number of nitrogens with one attached hydrogen (secondary N) is 1. The Balaban J connectivity index is 1.96. The number of ether oxygens (including phenoxy) is 1. The van der Waals surface area contributed by atoms with E-state index in [2.05, 4.69) is 5.32 Å². The number of para-hydroxylation sites is 1. The minimum atomic E-state index is -4.24. The van der Waals surface area contributed by atoms with Gasteiger partial charge in [-0.15, -0.1) is 0 Å². The van der Waals surface area contributed by atoms with E-state index in [9.17, 15) is 22.4 Å². The van der Waals surface area contributed by atoms with Gasteiger partial charge in [-0.05, 0) is 48.9 Å². The van der Waals surface area contributed by atoms with Crippen molar-refractivity contribution in [3.05, 3.63) is 89.7 Å². The van der Waals surface area contributed by atoms with E-state index in [0.717, 1.165) is 6.07 Å². The van der Waals surface area contributed by atoms with Crippen LogP contribution in [0.5, 0.6) is 0 Å². The summed E-state index contributed by atoms with van der Waals surface area (Å²) in [5.41, 5.74) is 0.763. The van der Waals surface area contributed by atoms with Gasteiger partial charge in [0.2, 0.25) is 5.91 Å². The molecular formula is C23H21FN2O5S. The molecule has 0 bridgehead atoms. The molecule has 0 saturated carbocycles. The smallest absolute Gasteiger partial charge is 0.338 e. The van der Waals surface area contributed by atoms with Gasteiger partial charge in [0.25, 0.3) is 10.0 Å². The first-order valence-corrected chi connectivity index (χ1v) is 11.0. The fourth-order valence-corrected chi connectivity index (χ4v) is 4.55. The van der Waals surface area contributed by atoms with Gasteiger partial charge in [-0.2, -0.15) is 0 Å². The summed E-state index contributed by atoms with van der Waals surface area (Å²) >= 11 is 0. The van der Waals surface area contributed by atoms with Crippen LogP contribution >= 0.6 is 0 Å². The Morgan fingerprint density at radius 2 is 1.62 bits per heavy atom. The summed E-state index contributed by atoms with van der Waals surface area (Å²) in [6.07, 6.45) is 0. The standard InChI is InChI=1S/C23H21FN2O5S/c1-16-18(23(28)31-2)11-8-13-20(16)25-22(27)15-26(21-14-7-6-12-19(21)24)32(29,30)17-9-4-3-5-10-17/h3-14H,15H2,1-2H3,(H,25,27). The van der Waals surface area contributed by atoms with Crippen LogP contribution in [0.3, 0.4) is 0 Å². The second-order valence-electron chi connectivity index (χ2n) is 6.79. The third kappa shape index (κ3) is 4.78. The van der Waals surface area contributed by atoms with Crippen LogP contribution in [0.15, 0.2) is 77.7 Å². The molecule has 0 aromatic heterocycles. The van der Waals surface area contributed by atoms with Gasteiger partial charge in [-0.1, -0.05) is 36.4 Å². The summed E-state index contributed by atoms with van der Waals surface area (Å²) in [4.78, 5) is 24.6. The Labute approximate surface area is 185 Å². The first-order valence-electron chi connectivity index (χ1n) is 9.56. The minimum Gasteiger partial charge on any atom is -0.465 e. The molecule has 0 fully saturated rings. The Bertz CT molecular complexity index is 1250. The quantitative estimate of drug-likeness (QED) is 0.547. The number of nitrogens with zero attached hydrogens (tertiary/aromatic N) is 1.